The summed E-state index contributed by atoms with van der Waals surface area (Å²) in [6.07, 6.45) is -0.515. The number of carbonyl (C=O) groups is 1. The Morgan fingerprint density at radius 2 is 1.86 bits per heavy atom. The molecule has 194 valence electrons. The first-order chi connectivity index (χ1) is 16.9. The van der Waals surface area contributed by atoms with Crippen molar-refractivity contribution in [3.05, 3.63) is 59.3 Å². The van der Waals surface area contributed by atoms with Crippen LogP contribution in [0.3, 0.4) is 0 Å². The van der Waals surface area contributed by atoms with Gasteiger partial charge < -0.3 is 15.0 Å². The van der Waals surface area contributed by atoms with Gasteiger partial charge in [-0.3, -0.25) is 4.68 Å². The molecule has 0 unspecified atom stereocenters. The fourth-order valence-electron chi connectivity index (χ4n) is 4.82. The number of likely N-dealkylation sites (N-methyl/N-ethyl adjacent to an activating group) is 1. The number of aromatic nitrogens is 2. The lowest BCUT2D eigenvalue weighted by atomic mass is 9.75. The molecule has 1 aromatic carbocycles. The van der Waals surface area contributed by atoms with E-state index in [0.717, 1.165) is 54.2 Å². The van der Waals surface area contributed by atoms with Crippen molar-refractivity contribution in [2.45, 2.75) is 56.8 Å². The van der Waals surface area contributed by atoms with Gasteiger partial charge in [-0.2, -0.15) is 18.3 Å². The molecular formula is C26H31F3N4O2S. The lowest BCUT2D eigenvalue weighted by Gasteiger charge is -2.45. The van der Waals surface area contributed by atoms with Crippen molar-refractivity contribution >= 4 is 17.4 Å². The monoisotopic (exact) mass is 520 g/mol. The zero-order valence-electron chi connectivity index (χ0n) is 20.9. The molecule has 0 atom stereocenters. The Morgan fingerprint density at radius 3 is 2.44 bits per heavy atom. The van der Waals surface area contributed by atoms with Gasteiger partial charge in [-0.15, -0.1) is 0 Å². The minimum absolute atomic E-state index is 0.00755. The number of hydrogen-bond donors (Lipinski definition) is 1. The largest absolute Gasteiger partial charge is 0.433 e. The van der Waals surface area contributed by atoms with Gasteiger partial charge in [0, 0.05) is 18.6 Å². The molecular weight excluding hydrogens is 489 g/mol. The van der Waals surface area contributed by atoms with Crippen LogP contribution in [0.15, 0.2) is 42.5 Å². The average Bonchev–Trinajstić information content (AvgIpc) is 3.43. The van der Waals surface area contributed by atoms with Gasteiger partial charge in [0.2, 0.25) is 0 Å². The van der Waals surface area contributed by atoms with Crippen molar-refractivity contribution in [2.75, 3.05) is 14.1 Å². The Bertz CT molecular complexity index is 1190. The molecule has 36 heavy (non-hydrogen) atoms. The molecule has 10 heteroatoms. The van der Waals surface area contributed by atoms with E-state index in [9.17, 15) is 18.0 Å². The maximum Gasteiger partial charge on any atom is 0.433 e. The molecule has 0 bridgehead atoms. The van der Waals surface area contributed by atoms with Crippen molar-refractivity contribution in [1.82, 2.24) is 20.0 Å². The van der Waals surface area contributed by atoms with E-state index in [1.165, 1.54) is 18.2 Å². The van der Waals surface area contributed by atoms with Crippen LogP contribution in [0.1, 0.15) is 42.5 Å². The molecule has 0 spiro atoms. The van der Waals surface area contributed by atoms with Gasteiger partial charge in [0.1, 0.15) is 11.4 Å². The molecule has 2 heterocycles. The molecule has 0 radical (unpaired) electrons. The summed E-state index contributed by atoms with van der Waals surface area (Å²) in [5, 5.41) is 7.20. The number of nitrogens with one attached hydrogen (secondary N) is 1. The highest BCUT2D eigenvalue weighted by Gasteiger charge is 2.38. The first kappa shape index (κ1) is 26.2. The summed E-state index contributed by atoms with van der Waals surface area (Å²) in [7, 11) is 5.48. The molecule has 1 aliphatic rings. The van der Waals surface area contributed by atoms with E-state index in [1.807, 2.05) is 0 Å². The number of amides is 1. The number of carbonyl (C=O) groups excluding carboxylic acids is 1. The third-order valence-corrected chi connectivity index (χ3v) is 8.02. The van der Waals surface area contributed by atoms with Crippen LogP contribution >= 0.6 is 11.3 Å². The molecule has 3 aromatic rings. The average molecular weight is 521 g/mol. The molecule has 4 rings (SSSR count). The van der Waals surface area contributed by atoms with Crippen LogP contribution < -0.4 is 10.1 Å². The van der Waals surface area contributed by atoms with Gasteiger partial charge in [0.05, 0.1) is 4.88 Å². The number of benzene rings is 1. The number of halogens is 3. The fourth-order valence-corrected chi connectivity index (χ4v) is 5.63. The van der Waals surface area contributed by atoms with Crippen LogP contribution in [0.5, 0.6) is 5.06 Å². The second-order valence-corrected chi connectivity index (χ2v) is 10.8. The maximum absolute atomic E-state index is 13.1. The Balaban J connectivity index is 1.33. The fraction of sp³-hybridized carbons (Fsp3) is 0.462. The van der Waals surface area contributed by atoms with Crippen molar-refractivity contribution in [2.24, 2.45) is 7.05 Å². The Hall–Kier alpha value is -2.85. The highest BCUT2D eigenvalue weighted by Crippen LogP contribution is 2.37. The molecule has 1 aliphatic carbocycles. The predicted molar refractivity (Wildman–Crippen MR) is 134 cm³/mol. The Labute approximate surface area is 213 Å². The van der Waals surface area contributed by atoms with Crippen LogP contribution in [0.4, 0.5) is 18.0 Å². The second kappa shape index (κ2) is 10.3. The highest BCUT2D eigenvalue weighted by atomic mass is 32.1. The van der Waals surface area contributed by atoms with Crippen molar-refractivity contribution in [3.8, 4) is 15.6 Å². The summed E-state index contributed by atoms with van der Waals surface area (Å²) in [5.74, 6) is 0. The van der Waals surface area contributed by atoms with Gasteiger partial charge in [-0.25, -0.2) is 4.79 Å². The van der Waals surface area contributed by atoms with Gasteiger partial charge in [-0.1, -0.05) is 41.2 Å². The molecule has 1 amide bonds. The summed E-state index contributed by atoms with van der Waals surface area (Å²) in [6.45, 7) is 2.08. The van der Waals surface area contributed by atoms with Crippen molar-refractivity contribution < 1.29 is 22.7 Å². The number of ether oxygens (including phenoxy) is 1. The highest BCUT2D eigenvalue weighted by molar-refractivity contribution is 7.17. The second-order valence-electron chi connectivity index (χ2n) is 9.74. The molecule has 1 N–H and O–H groups in total. The van der Waals surface area contributed by atoms with Gasteiger partial charge in [-0.05, 0) is 76.9 Å². The van der Waals surface area contributed by atoms with E-state index in [1.54, 1.807) is 12.1 Å². The number of alkyl halides is 3. The van der Waals surface area contributed by atoms with E-state index in [2.05, 4.69) is 60.6 Å². The smallest absolute Gasteiger partial charge is 0.399 e. The zero-order valence-corrected chi connectivity index (χ0v) is 21.7. The van der Waals surface area contributed by atoms with E-state index < -0.39 is 18.0 Å². The molecule has 1 fully saturated rings. The van der Waals surface area contributed by atoms with Crippen LogP contribution in [-0.4, -0.2) is 46.4 Å². The summed E-state index contributed by atoms with van der Waals surface area (Å²) in [4.78, 5) is 15.3. The molecule has 6 nitrogen and oxygen atoms in total. The summed E-state index contributed by atoms with van der Waals surface area (Å²) >= 11 is 1.08. The molecule has 1 saturated carbocycles. The standard InChI is InChI=1S/C26H31F3N4O2S/c1-17-5-7-18(8-6-17)16-25(32(2)3)13-11-19(12-14-25)30-24(34)35-23-10-9-21(36-23)20-15-22(26(27,28)29)33(4)31-20/h5-10,15,19H,11-14,16H2,1-4H3,(H,30,34). The van der Waals surface area contributed by atoms with Gasteiger partial charge in [0.15, 0.2) is 5.06 Å². The lowest BCUT2D eigenvalue weighted by molar-refractivity contribution is -0.143. The molecule has 0 saturated heterocycles. The Kier molecular flexibility index (Phi) is 7.47. The molecule has 0 aliphatic heterocycles. The first-order valence-electron chi connectivity index (χ1n) is 11.9. The lowest BCUT2D eigenvalue weighted by Crippen LogP contribution is -2.52. The van der Waals surface area contributed by atoms with Crippen LogP contribution in [0, 0.1) is 6.92 Å². The zero-order chi connectivity index (χ0) is 26.1. The summed E-state index contributed by atoms with van der Waals surface area (Å²) in [6, 6.07) is 12.8. The van der Waals surface area contributed by atoms with Crippen LogP contribution in [-0.2, 0) is 19.6 Å². The number of nitrogens with zero attached hydrogens (tertiary/aromatic N) is 3. The number of aryl methyl sites for hydroxylation is 2. The predicted octanol–water partition coefficient (Wildman–Crippen LogP) is 6.05. The van der Waals surface area contributed by atoms with Crippen LogP contribution in [0.25, 0.3) is 10.6 Å². The van der Waals surface area contributed by atoms with Crippen molar-refractivity contribution in [3.63, 3.8) is 0 Å². The summed E-state index contributed by atoms with van der Waals surface area (Å²) in [5.41, 5.74) is 1.94. The van der Waals surface area contributed by atoms with E-state index >= 15 is 0 Å². The third-order valence-electron chi connectivity index (χ3n) is 7.04. The normalized spacial score (nSPS) is 20.5. The Morgan fingerprint density at radius 1 is 1.19 bits per heavy atom. The third kappa shape index (κ3) is 5.92. The number of rotatable bonds is 6. The van der Waals surface area contributed by atoms with Gasteiger partial charge in [0.25, 0.3) is 0 Å². The van der Waals surface area contributed by atoms with E-state index in [0.29, 0.717) is 9.94 Å². The minimum atomic E-state index is -4.49. The SMILES string of the molecule is Cc1ccc(CC2(N(C)C)CCC(NC(=O)Oc3ccc(-c4cc(C(F)(F)F)n(C)n4)s3)CC2)cc1. The topological polar surface area (TPSA) is 59.4 Å². The summed E-state index contributed by atoms with van der Waals surface area (Å²) < 4.78 is 45.4. The van der Waals surface area contributed by atoms with E-state index in [-0.39, 0.29) is 17.3 Å². The minimum Gasteiger partial charge on any atom is -0.399 e. The quantitative estimate of drug-likeness (QED) is 0.430. The first-order valence-corrected chi connectivity index (χ1v) is 12.7. The number of hydrogen-bond acceptors (Lipinski definition) is 5. The van der Waals surface area contributed by atoms with Gasteiger partial charge >= 0.3 is 12.3 Å². The maximum atomic E-state index is 13.1. The van der Waals surface area contributed by atoms with Crippen molar-refractivity contribution in [1.29, 1.82) is 0 Å². The van der Waals surface area contributed by atoms with E-state index in [4.69, 9.17) is 4.74 Å². The molecule has 2 aromatic heterocycles. The van der Waals surface area contributed by atoms with Crippen LogP contribution in [0.2, 0.25) is 0 Å². The number of thiophene rings is 1.